The molecule has 2 aromatic carbocycles. The van der Waals surface area contributed by atoms with Crippen molar-refractivity contribution >= 4 is 10.9 Å². The summed E-state index contributed by atoms with van der Waals surface area (Å²) in [6, 6.07) is 15.3. The van der Waals surface area contributed by atoms with E-state index in [1.807, 2.05) is 0 Å². The molecular weight excluding hydrogens is 270 g/mol. The molecule has 1 aliphatic carbocycles. The Labute approximate surface area is 131 Å². The van der Waals surface area contributed by atoms with E-state index in [4.69, 9.17) is 4.74 Å². The van der Waals surface area contributed by atoms with Crippen LogP contribution in [0.3, 0.4) is 0 Å². The molecule has 0 aliphatic heterocycles. The summed E-state index contributed by atoms with van der Waals surface area (Å²) in [6.07, 6.45) is 3.65. The van der Waals surface area contributed by atoms with Gasteiger partial charge in [0.15, 0.2) is 0 Å². The second-order valence-corrected chi connectivity index (χ2v) is 6.28. The maximum atomic E-state index is 5.28. The summed E-state index contributed by atoms with van der Waals surface area (Å²) >= 11 is 0. The summed E-state index contributed by atoms with van der Waals surface area (Å²) in [4.78, 5) is 3.69. The zero-order valence-corrected chi connectivity index (χ0v) is 13.1. The van der Waals surface area contributed by atoms with Crippen LogP contribution in [0.5, 0.6) is 5.75 Å². The Hall–Kier alpha value is -2.22. The predicted octanol–water partition coefficient (Wildman–Crippen LogP) is 4.95. The molecule has 4 rings (SSSR count). The van der Waals surface area contributed by atoms with E-state index in [2.05, 4.69) is 54.4 Å². The van der Waals surface area contributed by atoms with Gasteiger partial charge in [-0.1, -0.05) is 23.8 Å². The largest absolute Gasteiger partial charge is 0.497 e. The Morgan fingerprint density at radius 1 is 1.09 bits per heavy atom. The van der Waals surface area contributed by atoms with E-state index in [1.54, 1.807) is 7.11 Å². The number of ether oxygens (including phenoxy) is 1. The number of aromatic nitrogens is 1. The van der Waals surface area contributed by atoms with E-state index in [-0.39, 0.29) is 0 Å². The second-order valence-electron chi connectivity index (χ2n) is 6.28. The van der Waals surface area contributed by atoms with Gasteiger partial charge in [-0.05, 0) is 61.6 Å². The van der Waals surface area contributed by atoms with Gasteiger partial charge in [0.25, 0.3) is 0 Å². The van der Waals surface area contributed by atoms with Crippen molar-refractivity contribution in [2.75, 3.05) is 7.11 Å². The molecule has 2 nitrogen and oxygen atoms in total. The minimum absolute atomic E-state index is 0.474. The average Bonchev–Trinajstić information content (AvgIpc) is 2.93. The monoisotopic (exact) mass is 291 g/mol. The van der Waals surface area contributed by atoms with Gasteiger partial charge in [0.05, 0.1) is 7.11 Å². The number of nitrogens with one attached hydrogen (secondary N) is 1. The molecule has 1 heterocycles. The van der Waals surface area contributed by atoms with Crippen LogP contribution in [0, 0.1) is 6.92 Å². The number of H-pyrrole nitrogens is 1. The molecule has 1 N–H and O–H groups in total. The van der Waals surface area contributed by atoms with Gasteiger partial charge in [-0.15, -0.1) is 0 Å². The van der Waals surface area contributed by atoms with Crippen LogP contribution in [-0.4, -0.2) is 12.1 Å². The molecule has 112 valence electrons. The second kappa shape index (κ2) is 5.20. The number of aryl methyl sites for hydroxylation is 2. The van der Waals surface area contributed by atoms with Crippen molar-refractivity contribution in [2.45, 2.75) is 32.1 Å². The molecule has 0 fully saturated rings. The molecule has 0 spiro atoms. The number of benzene rings is 2. The summed E-state index contributed by atoms with van der Waals surface area (Å²) in [5.74, 6) is 1.40. The van der Waals surface area contributed by atoms with Crippen molar-refractivity contribution in [3.63, 3.8) is 0 Å². The van der Waals surface area contributed by atoms with Gasteiger partial charge >= 0.3 is 0 Å². The molecule has 0 bridgehead atoms. The fourth-order valence-corrected chi connectivity index (χ4v) is 3.75. The van der Waals surface area contributed by atoms with E-state index in [0.717, 1.165) is 5.75 Å². The molecule has 1 aromatic heterocycles. The van der Waals surface area contributed by atoms with E-state index in [0.29, 0.717) is 5.92 Å². The number of hydrogen-bond acceptors (Lipinski definition) is 1. The van der Waals surface area contributed by atoms with Crippen molar-refractivity contribution in [1.29, 1.82) is 0 Å². The van der Waals surface area contributed by atoms with Crippen LogP contribution in [-0.2, 0) is 6.42 Å². The first kappa shape index (κ1) is 13.4. The van der Waals surface area contributed by atoms with Gasteiger partial charge in [-0.2, -0.15) is 0 Å². The van der Waals surface area contributed by atoms with Crippen LogP contribution < -0.4 is 4.74 Å². The number of fused-ring (bicyclic) bond motifs is 3. The first-order valence-corrected chi connectivity index (χ1v) is 8.01. The van der Waals surface area contributed by atoms with Crippen LogP contribution in [0.25, 0.3) is 10.9 Å². The Morgan fingerprint density at radius 2 is 1.91 bits per heavy atom. The summed E-state index contributed by atoms with van der Waals surface area (Å²) in [5, 5.41) is 1.41. The van der Waals surface area contributed by atoms with Crippen LogP contribution in [0.2, 0.25) is 0 Å². The van der Waals surface area contributed by atoms with Gasteiger partial charge in [0.1, 0.15) is 5.75 Å². The lowest BCUT2D eigenvalue weighted by molar-refractivity contribution is 0.414. The third-order valence-electron chi connectivity index (χ3n) is 4.88. The molecule has 0 radical (unpaired) electrons. The zero-order chi connectivity index (χ0) is 15.1. The van der Waals surface area contributed by atoms with Crippen LogP contribution in [0.4, 0.5) is 0 Å². The Bertz CT molecular complexity index is 814. The molecule has 0 amide bonds. The molecule has 1 aliphatic rings. The Balaban J connectivity index is 1.82. The quantitative estimate of drug-likeness (QED) is 0.709. The van der Waals surface area contributed by atoms with Gasteiger partial charge in [-0.3, -0.25) is 0 Å². The molecule has 2 heteroatoms. The molecule has 1 atom stereocenters. The number of aromatic amines is 1. The minimum Gasteiger partial charge on any atom is -0.497 e. The maximum Gasteiger partial charge on any atom is 0.118 e. The SMILES string of the molecule is COc1ccc([C@@H]2CCCc3c2[nH]c2ccc(C)cc32)cc1. The topological polar surface area (TPSA) is 25.0 Å². The fourth-order valence-electron chi connectivity index (χ4n) is 3.75. The minimum atomic E-state index is 0.474. The predicted molar refractivity (Wildman–Crippen MR) is 90.8 cm³/mol. The van der Waals surface area contributed by atoms with Gasteiger partial charge in [-0.25, -0.2) is 0 Å². The fraction of sp³-hybridized carbons (Fsp3) is 0.300. The highest BCUT2D eigenvalue weighted by Crippen LogP contribution is 2.40. The lowest BCUT2D eigenvalue weighted by atomic mass is 9.82. The first-order chi connectivity index (χ1) is 10.8. The van der Waals surface area contributed by atoms with Crippen molar-refractivity contribution in [2.24, 2.45) is 0 Å². The Kier molecular flexibility index (Phi) is 3.18. The summed E-state index contributed by atoms with van der Waals surface area (Å²) in [5.41, 5.74) is 6.92. The summed E-state index contributed by atoms with van der Waals surface area (Å²) in [7, 11) is 1.72. The number of hydrogen-bond donors (Lipinski definition) is 1. The number of rotatable bonds is 2. The third kappa shape index (κ3) is 2.10. The van der Waals surface area contributed by atoms with Gasteiger partial charge in [0.2, 0.25) is 0 Å². The molecule has 0 saturated heterocycles. The van der Waals surface area contributed by atoms with Crippen LogP contribution >= 0.6 is 0 Å². The van der Waals surface area contributed by atoms with Crippen LogP contribution in [0.15, 0.2) is 42.5 Å². The van der Waals surface area contributed by atoms with Crippen molar-refractivity contribution in [1.82, 2.24) is 4.98 Å². The maximum absolute atomic E-state index is 5.28. The molecule has 3 aromatic rings. The number of methoxy groups -OCH3 is 1. The highest BCUT2D eigenvalue weighted by Gasteiger charge is 2.25. The molecule has 0 unspecified atom stereocenters. The van der Waals surface area contributed by atoms with Gasteiger partial charge < -0.3 is 9.72 Å². The van der Waals surface area contributed by atoms with Crippen molar-refractivity contribution < 1.29 is 4.74 Å². The average molecular weight is 291 g/mol. The summed E-state index contributed by atoms with van der Waals surface area (Å²) in [6.45, 7) is 2.17. The summed E-state index contributed by atoms with van der Waals surface area (Å²) < 4.78 is 5.28. The standard InChI is InChI=1S/C20H21NO/c1-13-6-11-19-18(12-13)17-5-3-4-16(20(17)21-19)14-7-9-15(22-2)10-8-14/h6-12,16,21H,3-5H2,1-2H3/t16-/m0/s1. The molecule has 22 heavy (non-hydrogen) atoms. The van der Waals surface area contributed by atoms with E-state index in [9.17, 15) is 0 Å². The van der Waals surface area contributed by atoms with Gasteiger partial charge in [0, 0.05) is 22.5 Å². The van der Waals surface area contributed by atoms with Crippen molar-refractivity contribution in [3.8, 4) is 5.75 Å². The third-order valence-corrected chi connectivity index (χ3v) is 4.88. The van der Waals surface area contributed by atoms with E-state index < -0.39 is 0 Å². The first-order valence-electron chi connectivity index (χ1n) is 8.01. The van der Waals surface area contributed by atoms with Crippen LogP contribution in [0.1, 0.15) is 41.1 Å². The Morgan fingerprint density at radius 3 is 2.68 bits per heavy atom. The normalized spacial score (nSPS) is 17.5. The zero-order valence-electron chi connectivity index (χ0n) is 13.1. The highest BCUT2D eigenvalue weighted by molar-refractivity contribution is 5.86. The van der Waals surface area contributed by atoms with Crippen molar-refractivity contribution in [3.05, 3.63) is 64.8 Å². The lowest BCUT2D eigenvalue weighted by Crippen LogP contribution is -2.10. The smallest absolute Gasteiger partial charge is 0.118 e. The highest BCUT2D eigenvalue weighted by atomic mass is 16.5. The molecular formula is C20H21NO. The molecule has 0 saturated carbocycles. The lowest BCUT2D eigenvalue weighted by Gasteiger charge is -2.23. The van der Waals surface area contributed by atoms with E-state index >= 15 is 0 Å². The van der Waals surface area contributed by atoms with E-state index in [1.165, 1.54) is 52.5 Å².